The molecule has 0 radical (unpaired) electrons. The summed E-state index contributed by atoms with van der Waals surface area (Å²) in [4.78, 5) is 35.7. The smallest absolute Gasteiger partial charge is 0.269 e. The van der Waals surface area contributed by atoms with E-state index in [9.17, 15) is 19.7 Å². The maximum Gasteiger partial charge on any atom is 0.269 e. The molecule has 0 aromatic heterocycles. The van der Waals surface area contributed by atoms with Gasteiger partial charge < -0.3 is 0 Å². The molecule has 2 aromatic rings. The maximum absolute atomic E-state index is 12.5. The molecule has 0 unspecified atom stereocenters. The number of hydrogen-bond acceptors (Lipinski definition) is 7. The third kappa shape index (κ3) is 3.83. The molecule has 1 fully saturated rings. The second kappa shape index (κ2) is 7.70. The molecule has 1 saturated heterocycles. The lowest BCUT2D eigenvalue weighted by Crippen LogP contribution is -2.35. The van der Waals surface area contributed by atoms with Crippen molar-refractivity contribution in [2.24, 2.45) is 10.2 Å². The molecule has 2 amide bonds. The number of amides is 2. The zero-order chi connectivity index (χ0) is 18.5. The molecule has 0 aliphatic carbocycles. The van der Waals surface area contributed by atoms with Crippen LogP contribution < -0.4 is 0 Å². The highest BCUT2D eigenvalue weighted by atomic mass is 32.2. The highest BCUT2D eigenvalue weighted by Gasteiger charge is 2.34. The second-order valence-electron chi connectivity index (χ2n) is 5.16. The van der Waals surface area contributed by atoms with Gasteiger partial charge in [0.2, 0.25) is 5.91 Å². The van der Waals surface area contributed by atoms with Gasteiger partial charge in [-0.3, -0.25) is 19.7 Å². The Morgan fingerprint density at radius 2 is 1.85 bits per heavy atom. The van der Waals surface area contributed by atoms with Crippen LogP contribution in [-0.4, -0.2) is 38.8 Å². The molecule has 1 aliphatic rings. The molecular weight excluding hydrogens is 356 g/mol. The number of carbonyl (C=O) groups is 2. The molecule has 0 spiro atoms. The van der Waals surface area contributed by atoms with Crippen LogP contribution in [0.3, 0.4) is 0 Å². The fourth-order valence-electron chi connectivity index (χ4n) is 2.17. The van der Waals surface area contributed by atoms with Gasteiger partial charge in [0.05, 0.1) is 16.9 Å². The minimum atomic E-state index is -0.491. The Hall–Kier alpha value is -3.33. The number of rotatable bonds is 4. The number of thioether (sulfide) groups is 1. The van der Waals surface area contributed by atoms with Crippen molar-refractivity contribution in [2.45, 2.75) is 0 Å². The van der Waals surface area contributed by atoms with Crippen LogP contribution in [0, 0.1) is 10.1 Å². The number of non-ortho nitro benzene ring substituents is 1. The number of nitrogens with zero attached hydrogens (tertiary/aromatic N) is 4. The first-order valence-corrected chi connectivity index (χ1v) is 8.45. The number of carbonyl (C=O) groups excluding carboxylic acids is 2. The Morgan fingerprint density at radius 3 is 2.50 bits per heavy atom. The van der Waals surface area contributed by atoms with E-state index in [2.05, 4.69) is 10.2 Å². The third-order valence-electron chi connectivity index (χ3n) is 3.44. The zero-order valence-corrected chi connectivity index (χ0v) is 14.1. The molecule has 8 nitrogen and oxygen atoms in total. The summed E-state index contributed by atoms with van der Waals surface area (Å²) in [5.41, 5.74) is 0.968. The molecule has 9 heteroatoms. The van der Waals surface area contributed by atoms with Crippen molar-refractivity contribution in [2.75, 3.05) is 5.75 Å². The minimum Gasteiger partial charge on any atom is -0.273 e. The Morgan fingerprint density at radius 1 is 1.15 bits per heavy atom. The van der Waals surface area contributed by atoms with Crippen molar-refractivity contribution < 1.29 is 14.5 Å². The maximum atomic E-state index is 12.5. The van der Waals surface area contributed by atoms with Gasteiger partial charge in [0.1, 0.15) is 0 Å². The van der Waals surface area contributed by atoms with E-state index in [4.69, 9.17) is 0 Å². The number of amidine groups is 1. The summed E-state index contributed by atoms with van der Waals surface area (Å²) in [6.45, 7) is 0. The van der Waals surface area contributed by atoms with Crippen molar-refractivity contribution in [3.63, 3.8) is 0 Å². The van der Waals surface area contributed by atoms with Crippen LogP contribution in [0.1, 0.15) is 15.9 Å². The molecule has 0 N–H and O–H groups in total. The Labute approximate surface area is 152 Å². The largest absolute Gasteiger partial charge is 0.273 e. The average Bonchev–Trinajstić information content (AvgIpc) is 3.03. The first-order valence-electron chi connectivity index (χ1n) is 7.47. The van der Waals surface area contributed by atoms with Gasteiger partial charge in [-0.1, -0.05) is 30.0 Å². The van der Waals surface area contributed by atoms with Crippen LogP contribution in [0.25, 0.3) is 0 Å². The molecule has 130 valence electrons. The molecule has 0 atom stereocenters. The lowest BCUT2D eigenvalue weighted by atomic mass is 10.2. The van der Waals surface area contributed by atoms with E-state index in [1.807, 2.05) is 0 Å². The second-order valence-corrected chi connectivity index (χ2v) is 6.11. The van der Waals surface area contributed by atoms with E-state index in [1.54, 1.807) is 30.3 Å². The quantitative estimate of drug-likeness (QED) is 0.357. The number of hydrogen-bond donors (Lipinski definition) is 0. The Bertz CT molecular complexity index is 910. The zero-order valence-electron chi connectivity index (χ0n) is 13.3. The molecule has 3 rings (SSSR count). The summed E-state index contributed by atoms with van der Waals surface area (Å²) in [5.74, 6) is -0.692. The van der Waals surface area contributed by atoms with Crippen LogP contribution in [0.2, 0.25) is 0 Å². The molecule has 0 saturated carbocycles. The summed E-state index contributed by atoms with van der Waals surface area (Å²) in [6, 6.07) is 14.2. The van der Waals surface area contributed by atoms with Crippen LogP contribution >= 0.6 is 11.8 Å². The van der Waals surface area contributed by atoms with Gasteiger partial charge in [-0.05, 0) is 29.8 Å². The summed E-state index contributed by atoms with van der Waals surface area (Å²) in [7, 11) is 0. The van der Waals surface area contributed by atoms with Crippen molar-refractivity contribution in [3.05, 3.63) is 75.8 Å². The van der Waals surface area contributed by atoms with E-state index < -0.39 is 10.8 Å². The number of imide groups is 1. The van der Waals surface area contributed by atoms with Crippen molar-refractivity contribution in [1.29, 1.82) is 0 Å². The average molecular weight is 368 g/mol. The topological polar surface area (TPSA) is 105 Å². The molecule has 2 aromatic carbocycles. The summed E-state index contributed by atoms with van der Waals surface area (Å²) in [6.07, 6.45) is 1.39. The minimum absolute atomic E-state index is 0.0231. The summed E-state index contributed by atoms with van der Waals surface area (Å²) in [5, 5.41) is 18.7. The fraction of sp³-hybridized carbons (Fsp3) is 0.0588. The first kappa shape index (κ1) is 17.5. The lowest BCUT2D eigenvalue weighted by Gasteiger charge is -2.12. The van der Waals surface area contributed by atoms with E-state index in [-0.39, 0.29) is 22.5 Å². The Balaban J connectivity index is 1.77. The van der Waals surface area contributed by atoms with Crippen LogP contribution in [0.4, 0.5) is 5.69 Å². The van der Waals surface area contributed by atoms with Crippen molar-refractivity contribution in [1.82, 2.24) is 4.90 Å². The van der Waals surface area contributed by atoms with Gasteiger partial charge in [-0.2, -0.15) is 5.10 Å². The standard InChI is InChI=1S/C17H12N4O4S/c22-15-11-26-17(20(15)16(23)13-4-2-1-3-5-13)19-18-10-12-6-8-14(9-7-12)21(24)25/h1-10H,11H2/b18-10-,19-17+. The summed E-state index contributed by atoms with van der Waals surface area (Å²) >= 11 is 1.13. The van der Waals surface area contributed by atoms with E-state index in [1.165, 1.54) is 30.5 Å². The van der Waals surface area contributed by atoms with Gasteiger partial charge in [-0.25, -0.2) is 4.90 Å². The van der Waals surface area contributed by atoms with Crippen LogP contribution in [-0.2, 0) is 4.79 Å². The van der Waals surface area contributed by atoms with E-state index in [0.29, 0.717) is 11.1 Å². The van der Waals surface area contributed by atoms with E-state index >= 15 is 0 Å². The highest BCUT2D eigenvalue weighted by Crippen LogP contribution is 2.22. The number of nitro benzene ring substituents is 1. The van der Waals surface area contributed by atoms with Gasteiger partial charge in [0, 0.05) is 17.7 Å². The molecule has 1 heterocycles. The number of nitro groups is 1. The molecule has 26 heavy (non-hydrogen) atoms. The predicted molar refractivity (Wildman–Crippen MR) is 98.2 cm³/mol. The number of benzene rings is 2. The first-order chi connectivity index (χ1) is 12.6. The highest BCUT2D eigenvalue weighted by molar-refractivity contribution is 8.15. The van der Waals surface area contributed by atoms with Gasteiger partial charge in [0.15, 0.2) is 5.17 Å². The lowest BCUT2D eigenvalue weighted by molar-refractivity contribution is -0.384. The normalized spacial score (nSPS) is 15.8. The van der Waals surface area contributed by atoms with Gasteiger partial charge in [-0.15, -0.1) is 5.10 Å². The van der Waals surface area contributed by atoms with Gasteiger partial charge in [0.25, 0.3) is 11.6 Å². The Kier molecular flexibility index (Phi) is 5.18. The van der Waals surface area contributed by atoms with Crippen LogP contribution in [0.5, 0.6) is 0 Å². The van der Waals surface area contributed by atoms with Gasteiger partial charge >= 0.3 is 0 Å². The summed E-state index contributed by atoms with van der Waals surface area (Å²) < 4.78 is 0. The van der Waals surface area contributed by atoms with E-state index in [0.717, 1.165) is 16.7 Å². The third-order valence-corrected chi connectivity index (χ3v) is 4.36. The van der Waals surface area contributed by atoms with Crippen LogP contribution in [0.15, 0.2) is 64.8 Å². The van der Waals surface area contributed by atoms with Crippen molar-refractivity contribution in [3.8, 4) is 0 Å². The fourth-order valence-corrected chi connectivity index (χ4v) is 2.97. The monoisotopic (exact) mass is 368 g/mol. The SMILES string of the molecule is O=C1CS/C(=N/N=C\c2ccc([N+](=O)[O-])cc2)N1C(=O)c1ccccc1. The molecule has 0 bridgehead atoms. The molecular formula is C17H12N4O4S. The van der Waals surface area contributed by atoms with Crippen molar-refractivity contribution >= 4 is 40.6 Å². The predicted octanol–water partition coefficient (Wildman–Crippen LogP) is 2.70. The molecule has 1 aliphatic heterocycles.